The molecule has 13 rings (SSSR count). The van der Waals surface area contributed by atoms with E-state index in [1.807, 2.05) is 17.4 Å². The van der Waals surface area contributed by atoms with E-state index in [0.29, 0.717) is 0 Å². The van der Waals surface area contributed by atoms with Crippen LogP contribution in [0.25, 0.3) is 108 Å². The van der Waals surface area contributed by atoms with Crippen LogP contribution in [0.5, 0.6) is 0 Å². The molecule has 0 aliphatic rings. The molecule has 0 amide bonds. The molecule has 0 N–H and O–H groups in total. The number of rotatable bonds is 6. The second kappa shape index (κ2) is 13.8. The fourth-order valence-corrected chi connectivity index (χ4v) is 10.8. The topological polar surface area (TPSA) is 29.5 Å². The second-order valence-electron chi connectivity index (χ2n) is 16.0. The molecular weight excluding hydrogens is 775 g/mol. The van der Waals surface area contributed by atoms with E-state index in [0.717, 1.165) is 72.1 Å². The minimum atomic E-state index is 0.815. The average Bonchev–Trinajstić information content (AvgIpc) is 4.03. The first kappa shape index (κ1) is 34.9. The molecule has 0 fully saturated rings. The van der Waals surface area contributed by atoms with E-state index in [-0.39, 0.29) is 0 Å². The third kappa shape index (κ3) is 5.44. The zero-order chi connectivity index (χ0) is 40.7. The number of nitrogens with zero attached hydrogens (tertiary/aromatic N) is 1. The van der Waals surface area contributed by atoms with Gasteiger partial charge in [0.2, 0.25) is 0 Å². The Labute approximate surface area is 360 Å². The van der Waals surface area contributed by atoms with E-state index in [4.69, 9.17) is 8.83 Å². The molecule has 10 aromatic carbocycles. The average molecular weight is 810 g/mol. The van der Waals surface area contributed by atoms with Crippen molar-refractivity contribution < 1.29 is 8.83 Å². The van der Waals surface area contributed by atoms with E-state index in [1.54, 1.807) is 0 Å². The highest BCUT2D eigenvalue weighted by molar-refractivity contribution is 7.26. The Morgan fingerprint density at radius 2 is 1.02 bits per heavy atom. The standard InChI is InChI=1S/C58H35NO2S/c1-2-12-36(13-3-1)38-26-30-42(31-27-38)59(43-32-28-39(29-33-43)44-18-10-19-46-45-16-7-9-23-53(45)62-58(44)46)49-20-11-22-51-55(49)48-35-52-56(47-17-6-8-21-50(47)60-52)54(57(48)61-51)41-25-24-37-14-4-5-15-40(37)34-41/h1-35H. The van der Waals surface area contributed by atoms with E-state index < -0.39 is 0 Å². The summed E-state index contributed by atoms with van der Waals surface area (Å²) in [6, 6.07) is 76.0. The van der Waals surface area contributed by atoms with Crippen LogP contribution in [-0.4, -0.2) is 0 Å². The predicted octanol–water partition coefficient (Wildman–Crippen LogP) is 17.5. The van der Waals surface area contributed by atoms with E-state index in [2.05, 4.69) is 211 Å². The summed E-state index contributed by atoms with van der Waals surface area (Å²) in [5.41, 5.74) is 13.4. The van der Waals surface area contributed by atoms with E-state index in [1.165, 1.54) is 53.2 Å². The minimum absolute atomic E-state index is 0.815. The van der Waals surface area contributed by atoms with Gasteiger partial charge < -0.3 is 13.7 Å². The molecule has 0 unspecified atom stereocenters. The number of furan rings is 2. The van der Waals surface area contributed by atoms with Crippen molar-refractivity contribution in [1.29, 1.82) is 0 Å². The van der Waals surface area contributed by atoms with Crippen LogP contribution in [0.4, 0.5) is 17.1 Å². The summed E-state index contributed by atoms with van der Waals surface area (Å²) in [5, 5.41) is 9.14. The van der Waals surface area contributed by atoms with Crippen LogP contribution < -0.4 is 4.90 Å². The molecule has 0 aliphatic carbocycles. The third-order valence-electron chi connectivity index (χ3n) is 12.5. The molecule has 0 radical (unpaired) electrons. The first-order valence-electron chi connectivity index (χ1n) is 21.0. The maximum atomic E-state index is 7.09. The van der Waals surface area contributed by atoms with Crippen molar-refractivity contribution in [2.24, 2.45) is 0 Å². The lowest BCUT2D eigenvalue weighted by Gasteiger charge is -2.26. The van der Waals surface area contributed by atoms with Gasteiger partial charge in [0.1, 0.15) is 22.3 Å². The van der Waals surface area contributed by atoms with Crippen LogP contribution in [0.1, 0.15) is 0 Å². The molecule has 3 nitrogen and oxygen atoms in total. The fourth-order valence-electron chi connectivity index (χ4n) is 9.58. The highest BCUT2D eigenvalue weighted by atomic mass is 32.1. The molecule has 4 heteroatoms. The number of thiophene rings is 1. The summed E-state index contributed by atoms with van der Waals surface area (Å²) in [4.78, 5) is 2.37. The van der Waals surface area contributed by atoms with Crippen LogP contribution in [0.2, 0.25) is 0 Å². The summed E-state index contributed by atoms with van der Waals surface area (Å²) < 4.78 is 16.4. The Morgan fingerprint density at radius 3 is 1.85 bits per heavy atom. The number of benzene rings is 10. The van der Waals surface area contributed by atoms with Gasteiger partial charge in [-0.3, -0.25) is 0 Å². The van der Waals surface area contributed by atoms with Crippen molar-refractivity contribution in [2.75, 3.05) is 4.90 Å². The van der Waals surface area contributed by atoms with Crippen molar-refractivity contribution >= 4 is 103 Å². The highest BCUT2D eigenvalue weighted by Crippen LogP contribution is 2.49. The largest absolute Gasteiger partial charge is 0.456 e. The number of hydrogen-bond acceptors (Lipinski definition) is 4. The smallest absolute Gasteiger partial charge is 0.144 e. The number of hydrogen-bond donors (Lipinski definition) is 0. The van der Waals surface area contributed by atoms with Crippen LogP contribution in [0.15, 0.2) is 221 Å². The molecule has 0 spiro atoms. The molecule has 290 valence electrons. The zero-order valence-corrected chi connectivity index (χ0v) is 34.2. The maximum Gasteiger partial charge on any atom is 0.144 e. The molecule has 0 atom stereocenters. The van der Waals surface area contributed by atoms with Gasteiger partial charge in [-0.15, -0.1) is 11.3 Å². The van der Waals surface area contributed by atoms with Gasteiger partial charge in [-0.25, -0.2) is 0 Å². The van der Waals surface area contributed by atoms with Gasteiger partial charge in [0.25, 0.3) is 0 Å². The first-order chi connectivity index (χ1) is 30.7. The summed E-state index contributed by atoms with van der Waals surface area (Å²) >= 11 is 1.86. The Morgan fingerprint density at radius 1 is 0.371 bits per heavy atom. The summed E-state index contributed by atoms with van der Waals surface area (Å²) in [6.07, 6.45) is 0. The molecule has 3 aromatic heterocycles. The van der Waals surface area contributed by atoms with Gasteiger partial charge in [-0.05, 0) is 99.3 Å². The zero-order valence-electron chi connectivity index (χ0n) is 33.4. The van der Waals surface area contributed by atoms with Crippen LogP contribution >= 0.6 is 11.3 Å². The normalized spacial score (nSPS) is 11.9. The number of fused-ring (bicyclic) bond motifs is 10. The summed E-state index contributed by atoms with van der Waals surface area (Å²) in [6.45, 7) is 0. The molecule has 0 saturated heterocycles. The van der Waals surface area contributed by atoms with Crippen LogP contribution in [-0.2, 0) is 0 Å². The Bertz CT molecular complexity index is 3860. The highest BCUT2D eigenvalue weighted by Gasteiger charge is 2.25. The SMILES string of the molecule is c1ccc(-c2ccc(N(c3ccc(-c4cccc5c4sc4ccccc45)cc3)c3cccc4oc5c(-c6ccc7ccccc7c6)c6c(cc5c34)oc3ccccc36)cc2)cc1. The van der Waals surface area contributed by atoms with Crippen molar-refractivity contribution in [3.05, 3.63) is 212 Å². The van der Waals surface area contributed by atoms with Crippen LogP contribution in [0.3, 0.4) is 0 Å². The lowest BCUT2D eigenvalue weighted by molar-refractivity contribution is 0.664. The van der Waals surface area contributed by atoms with Crippen molar-refractivity contribution in [3.63, 3.8) is 0 Å². The maximum absolute atomic E-state index is 7.09. The fraction of sp³-hybridized carbons (Fsp3) is 0. The van der Waals surface area contributed by atoms with E-state index >= 15 is 0 Å². The summed E-state index contributed by atoms with van der Waals surface area (Å²) in [5.74, 6) is 0. The lowest BCUT2D eigenvalue weighted by atomic mass is 9.94. The van der Waals surface area contributed by atoms with Gasteiger partial charge in [0.05, 0.1) is 11.1 Å². The molecule has 62 heavy (non-hydrogen) atoms. The van der Waals surface area contributed by atoms with Gasteiger partial charge in [0, 0.05) is 53.3 Å². The minimum Gasteiger partial charge on any atom is -0.456 e. The summed E-state index contributed by atoms with van der Waals surface area (Å²) in [7, 11) is 0. The third-order valence-corrected chi connectivity index (χ3v) is 13.7. The van der Waals surface area contributed by atoms with Crippen molar-refractivity contribution in [2.45, 2.75) is 0 Å². The van der Waals surface area contributed by atoms with Crippen molar-refractivity contribution in [3.8, 4) is 33.4 Å². The predicted molar refractivity (Wildman–Crippen MR) is 262 cm³/mol. The molecule has 0 bridgehead atoms. The second-order valence-corrected chi connectivity index (χ2v) is 17.0. The van der Waals surface area contributed by atoms with E-state index in [9.17, 15) is 0 Å². The molecule has 13 aromatic rings. The molecular formula is C58H35NO2S. The van der Waals surface area contributed by atoms with Crippen molar-refractivity contribution in [1.82, 2.24) is 0 Å². The lowest BCUT2D eigenvalue weighted by Crippen LogP contribution is -2.10. The van der Waals surface area contributed by atoms with Gasteiger partial charge in [0.15, 0.2) is 0 Å². The first-order valence-corrected chi connectivity index (χ1v) is 21.8. The Hall–Kier alpha value is -7.92. The van der Waals surface area contributed by atoms with Gasteiger partial charge in [-0.1, -0.05) is 152 Å². The molecule has 0 saturated carbocycles. The van der Waals surface area contributed by atoms with Crippen LogP contribution in [0, 0.1) is 0 Å². The molecule has 0 aliphatic heterocycles. The monoisotopic (exact) mass is 809 g/mol. The molecule has 3 heterocycles. The van der Waals surface area contributed by atoms with Gasteiger partial charge in [-0.2, -0.15) is 0 Å². The Balaban J connectivity index is 1.04. The Kier molecular flexibility index (Phi) is 7.78. The number of para-hydroxylation sites is 1. The van der Waals surface area contributed by atoms with Gasteiger partial charge >= 0.3 is 0 Å². The quantitative estimate of drug-likeness (QED) is 0.168. The number of anilines is 3.